The summed E-state index contributed by atoms with van der Waals surface area (Å²) in [4.78, 5) is 16.1. The van der Waals surface area contributed by atoms with Crippen LogP contribution in [0.3, 0.4) is 0 Å². The number of anilines is 1. The van der Waals surface area contributed by atoms with Crippen LogP contribution < -0.4 is 5.73 Å². The van der Waals surface area contributed by atoms with Crippen molar-refractivity contribution in [2.24, 2.45) is 0 Å². The SMILES string of the molecule is CN1CCN(C(=O)Cc2ccc(N)c(O)c2)CC1. The first-order valence-electron chi connectivity index (χ1n) is 6.10. The van der Waals surface area contributed by atoms with E-state index in [0.29, 0.717) is 12.1 Å². The van der Waals surface area contributed by atoms with Crippen LogP contribution in [0.1, 0.15) is 5.56 Å². The van der Waals surface area contributed by atoms with Gasteiger partial charge in [0.25, 0.3) is 0 Å². The first kappa shape index (κ1) is 12.7. The van der Waals surface area contributed by atoms with Crippen LogP contribution in [0, 0.1) is 0 Å². The van der Waals surface area contributed by atoms with Gasteiger partial charge >= 0.3 is 0 Å². The second-order valence-electron chi connectivity index (χ2n) is 4.75. The second kappa shape index (κ2) is 5.27. The van der Waals surface area contributed by atoms with Gasteiger partial charge in [-0.1, -0.05) is 6.07 Å². The molecular weight excluding hydrogens is 230 g/mol. The number of phenols is 1. The number of benzene rings is 1. The van der Waals surface area contributed by atoms with Gasteiger partial charge in [-0.3, -0.25) is 4.79 Å². The average molecular weight is 249 g/mol. The molecule has 0 saturated carbocycles. The van der Waals surface area contributed by atoms with E-state index in [-0.39, 0.29) is 11.7 Å². The fourth-order valence-corrected chi connectivity index (χ4v) is 2.04. The molecular formula is C13H19N3O2. The van der Waals surface area contributed by atoms with E-state index in [1.165, 1.54) is 0 Å². The third-order valence-corrected chi connectivity index (χ3v) is 3.31. The quantitative estimate of drug-likeness (QED) is 0.584. The Morgan fingerprint density at radius 2 is 2.00 bits per heavy atom. The first-order chi connectivity index (χ1) is 8.56. The molecule has 3 N–H and O–H groups in total. The molecule has 1 aliphatic rings. The highest BCUT2D eigenvalue weighted by Gasteiger charge is 2.19. The van der Waals surface area contributed by atoms with Crippen LogP contribution in [0.4, 0.5) is 5.69 Å². The zero-order valence-electron chi connectivity index (χ0n) is 10.6. The summed E-state index contributed by atoms with van der Waals surface area (Å²) in [5.41, 5.74) is 6.66. The summed E-state index contributed by atoms with van der Waals surface area (Å²) in [7, 11) is 2.06. The summed E-state index contributed by atoms with van der Waals surface area (Å²) >= 11 is 0. The maximum atomic E-state index is 12.1. The Kier molecular flexibility index (Phi) is 3.72. The van der Waals surface area contributed by atoms with E-state index in [0.717, 1.165) is 31.7 Å². The molecule has 1 heterocycles. The zero-order valence-corrected chi connectivity index (χ0v) is 10.6. The molecule has 1 saturated heterocycles. The van der Waals surface area contributed by atoms with Gasteiger partial charge in [0.05, 0.1) is 12.1 Å². The maximum absolute atomic E-state index is 12.1. The number of rotatable bonds is 2. The highest BCUT2D eigenvalue weighted by molar-refractivity contribution is 5.79. The number of nitrogens with two attached hydrogens (primary N) is 1. The molecule has 5 heteroatoms. The van der Waals surface area contributed by atoms with E-state index in [4.69, 9.17) is 5.73 Å². The number of carbonyl (C=O) groups excluding carboxylic acids is 1. The lowest BCUT2D eigenvalue weighted by Gasteiger charge is -2.32. The van der Waals surface area contributed by atoms with Crippen molar-refractivity contribution in [2.45, 2.75) is 6.42 Å². The average Bonchev–Trinajstić information content (AvgIpc) is 2.34. The van der Waals surface area contributed by atoms with Crippen LogP contribution >= 0.6 is 0 Å². The summed E-state index contributed by atoms with van der Waals surface area (Å²) in [5, 5.41) is 9.50. The molecule has 2 rings (SSSR count). The van der Waals surface area contributed by atoms with Crippen LogP contribution in [-0.2, 0) is 11.2 Å². The Bertz CT molecular complexity index is 440. The van der Waals surface area contributed by atoms with Crippen molar-refractivity contribution in [3.05, 3.63) is 23.8 Å². The summed E-state index contributed by atoms with van der Waals surface area (Å²) < 4.78 is 0. The van der Waals surface area contributed by atoms with Crippen LogP contribution in [0.2, 0.25) is 0 Å². The van der Waals surface area contributed by atoms with Gasteiger partial charge in [-0.05, 0) is 24.7 Å². The standard InChI is InChI=1S/C13H19N3O2/c1-15-4-6-16(7-5-15)13(18)9-10-2-3-11(14)12(17)8-10/h2-3,8,17H,4-7,9,14H2,1H3. The number of phenolic OH excluding ortho intramolecular Hbond substituents is 1. The third kappa shape index (κ3) is 2.92. The summed E-state index contributed by atoms with van der Waals surface area (Å²) in [6.07, 6.45) is 0.317. The Hall–Kier alpha value is -1.75. The molecule has 1 aromatic rings. The van der Waals surface area contributed by atoms with Gasteiger partial charge in [0.1, 0.15) is 5.75 Å². The predicted molar refractivity (Wildman–Crippen MR) is 70.3 cm³/mol. The second-order valence-corrected chi connectivity index (χ2v) is 4.75. The molecule has 0 aromatic heterocycles. The molecule has 0 unspecified atom stereocenters. The Balaban J connectivity index is 1.96. The Labute approximate surface area is 107 Å². The molecule has 0 bridgehead atoms. The van der Waals surface area contributed by atoms with Gasteiger partial charge in [0, 0.05) is 26.2 Å². The fourth-order valence-electron chi connectivity index (χ4n) is 2.04. The van der Waals surface area contributed by atoms with E-state index in [2.05, 4.69) is 11.9 Å². The van der Waals surface area contributed by atoms with Gasteiger partial charge < -0.3 is 20.6 Å². The van der Waals surface area contributed by atoms with Crippen molar-refractivity contribution in [3.63, 3.8) is 0 Å². The van der Waals surface area contributed by atoms with Crippen LogP contribution in [0.25, 0.3) is 0 Å². The Morgan fingerprint density at radius 3 is 2.61 bits per heavy atom. The smallest absolute Gasteiger partial charge is 0.227 e. The minimum atomic E-state index is 0.0404. The van der Waals surface area contributed by atoms with Crippen LogP contribution in [0.5, 0.6) is 5.75 Å². The third-order valence-electron chi connectivity index (χ3n) is 3.31. The van der Waals surface area contributed by atoms with Gasteiger partial charge in [-0.15, -0.1) is 0 Å². The van der Waals surface area contributed by atoms with E-state index in [1.54, 1.807) is 18.2 Å². The molecule has 0 radical (unpaired) electrons. The number of hydrogen-bond acceptors (Lipinski definition) is 4. The zero-order chi connectivity index (χ0) is 13.1. The van der Waals surface area contributed by atoms with Crippen molar-refractivity contribution in [1.29, 1.82) is 0 Å². The van der Waals surface area contributed by atoms with E-state index < -0.39 is 0 Å². The van der Waals surface area contributed by atoms with Crippen LogP contribution in [0.15, 0.2) is 18.2 Å². The lowest BCUT2D eigenvalue weighted by molar-refractivity contribution is -0.132. The first-order valence-corrected chi connectivity index (χ1v) is 6.10. The number of aromatic hydroxyl groups is 1. The molecule has 0 spiro atoms. The van der Waals surface area contributed by atoms with E-state index in [1.807, 2.05) is 4.90 Å². The van der Waals surface area contributed by atoms with Gasteiger partial charge in [0.15, 0.2) is 0 Å². The molecule has 18 heavy (non-hydrogen) atoms. The largest absolute Gasteiger partial charge is 0.506 e. The predicted octanol–water partition coefficient (Wildman–Crippen LogP) is 0.291. The van der Waals surface area contributed by atoms with Crippen molar-refractivity contribution >= 4 is 11.6 Å². The fraction of sp³-hybridized carbons (Fsp3) is 0.462. The maximum Gasteiger partial charge on any atom is 0.227 e. The van der Waals surface area contributed by atoms with E-state index >= 15 is 0 Å². The van der Waals surface area contributed by atoms with Crippen molar-refractivity contribution < 1.29 is 9.90 Å². The summed E-state index contributed by atoms with van der Waals surface area (Å²) in [6, 6.07) is 4.97. The minimum Gasteiger partial charge on any atom is -0.506 e. The summed E-state index contributed by atoms with van der Waals surface area (Å²) in [6.45, 7) is 3.38. The monoisotopic (exact) mass is 249 g/mol. The number of nitrogen functional groups attached to an aromatic ring is 1. The molecule has 1 aliphatic heterocycles. The lowest BCUT2D eigenvalue weighted by atomic mass is 10.1. The van der Waals surface area contributed by atoms with Gasteiger partial charge in [0.2, 0.25) is 5.91 Å². The van der Waals surface area contributed by atoms with Gasteiger partial charge in [-0.25, -0.2) is 0 Å². The minimum absolute atomic E-state index is 0.0404. The molecule has 1 amide bonds. The topological polar surface area (TPSA) is 69.8 Å². The molecule has 98 valence electrons. The normalized spacial score (nSPS) is 16.8. The van der Waals surface area contributed by atoms with Gasteiger partial charge in [-0.2, -0.15) is 0 Å². The van der Waals surface area contributed by atoms with Crippen LogP contribution in [-0.4, -0.2) is 54.0 Å². The molecule has 0 atom stereocenters. The molecule has 5 nitrogen and oxygen atoms in total. The Morgan fingerprint density at radius 1 is 1.33 bits per heavy atom. The highest BCUT2D eigenvalue weighted by atomic mass is 16.3. The number of amides is 1. The number of nitrogens with zero attached hydrogens (tertiary/aromatic N) is 2. The van der Waals surface area contributed by atoms with E-state index in [9.17, 15) is 9.90 Å². The van der Waals surface area contributed by atoms with Crippen molar-refractivity contribution in [3.8, 4) is 5.75 Å². The molecule has 1 fully saturated rings. The number of likely N-dealkylation sites (N-methyl/N-ethyl adjacent to an activating group) is 1. The molecule has 1 aromatic carbocycles. The lowest BCUT2D eigenvalue weighted by Crippen LogP contribution is -2.47. The van der Waals surface area contributed by atoms with Crippen molar-refractivity contribution in [2.75, 3.05) is 39.0 Å². The summed E-state index contributed by atoms with van der Waals surface area (Å²) in [5.74, 6) is 0.144. The number of hydrogen-bond donors (Lipinski definition) is 2. The highest BCUT2D eigenvalue weighted by Crippen LogP contribution is 2.21. The number of piperazine rings is 1. The number of carbonyl (C=O) groups is 1. The van der Waals surface area contributed by atoms with Crippen molar-refractivity contribution in [1.82, 2.24) is 9.80 Å². The molecule has 0 aliphatic carbocycles.